The molecule has 72 valence electrons. The lowest BCUT2D eigenvalue weighted by atomic mass is 10.4. The van der Waals surface area contributed by atoms with Gasteiger partial charge in [-0.1, -0.05) is 11.8 Å². The number of hydrogen-bond acceptors (Lipinski definition) is 3. The Bertz CT molecular complexity index is 333. The third kappa shape index (κ3) is 2.47. The number of rotatable bonds is 2. The van der Waals surface area contributed by atoms with Crippen LogP contribution < -0.4 is 5.73 Å². The molecule has 0 saturated carbocycles. The van der Waals surface area contributed by atoms with Gasteiger partial charge in [0.1, 0.15) is 0 Å². The fourth-order valence-electron chi connectivity index (χ4n) is 0.983. The number of amidine groups is 1. The lowest BCUT2D eigenvalue weighted by molar-refractivity contribution is 0.727. The zero-order valence-electron chi connectivity index (χ0n) is 7.47. The SMILES string of the molecule is Cc1nn(C)c(CSC(=N)N)c1Br. The van der Waals surface area contributed by atoms with Crippen LogP contribution in [0.4, 0.5) is 0 Å². The third-order valence-electron chi connectivity index (χ3n) is 1.63. The summed E-state index contributed by atoms with van der Waals surface area (Å²) in [6, 6.07) is 0. The number of nitrogens with one attached hydrogen (secondary N) is 1. The minimum absolute atomic E-state index is 0.130. The van der Waals surface area contributed by atoms with E-state index < -0.39 is 0 Å². The second kappa shape index (κ2) is 4.15. The van der Waals surface area contributed by atoms with Crippen LogP contribution >= 0.6 is 27.7 Å². The molecule has 0 atom stereocenters. The van der Waals surface area contributed by atoms with E-state index in [9.17, 15) is 0 Å². The fourth-order valence-corrected chi connectivity index (χ4v) is 2.27. The first-order chi connectivity index (χ1) is 6.02. The highest BCUT2D eigenvalue weighted by Gasteiger charge is 2.10. The predicted octanol–water partition coefficient (Wildman–Crippen LogP) is 1.62. The maximum atomic E-state index is 7.09. The Morgan fingerprint density at radius 3 is 2.77 bits per heavy atom. The Labute approximate surface area is 89.5 Å². The number of hydrogen-bond donors (Lipinski definition) is 2. The summed E-state index contributed by atoms with van der Waals surface area (Å²) >= 11 is 4.74. The van der Waals surface area contributed by atoms with Gasteiger partial charge in [0.05, 0.1) is 15.9 Å². The first-order valence-corrected chi connectivity index (χ1v) is 5.45. The number of nitrogens with zero attached hydrogens (tertiary/aromatic N) is 2. The van der Waals surface area contributed by atoms with Crippen LogP contribution in [-0.4, -0.2) is 14.9 Å². The average Bonchev–Trinajstić information content (AvgIpc) is 2.24. The summed E-state index contributed by atoms with van der Waals surface area (Å²) in [5.41, 5.74) is 7.26. The van der Waals surface area contributed by atoms with Crippen molar-refractivity contribution in [3.05, 3.63) is 15.9 Å². The quantitative estimate of drug-likeness (QED) is 0.629. The molecular formula is C7H11BrN4S. The summed E-state index contributed by atoms with van der Waals surface area (Å²) in [4.78, 5) is 0. The third-order valence-corrected chi connectivity index (χ3v) is 3.39. The van der Waals surface area contributed by atoms with Crippen molar-refractivity contribution in [1.29, 1.82) is 5.41 Å². The molecule has 1 aromatic heterocycles. The van der Waals surface area contributed by atoms with E-state index in [0.717, 1.165) is 15.9 Å². The van der Waals surface area contributed by atoms with Crippen molar-refractivity contribution in [2.45, 2.75) is 12.7 Å². The summed E-state index contributed by atoms with van der Waals surface area (Å²) in [5, 5.41) is 11.5. The minimum atomic E-state index is 0.130. The number of halogens is 1. The molecule has 4 nitrogen and oxygen atoms in total. The van der Waals surface area contributed by atoms with Gasteiger partial charge in [-0.05, 0) is 22.9 Å². The normalized spacial score (nSPS) is 10.4. The molecule has 1 rings (SSSR count). The molecule has 0 aromatic carbocycles. The van der Waals surface area contributed by atoms with Crippen molar-refractivity contribution in [2.24, 2.45) is 12.8 Å². The van der Waals surface area contributed by atoms with E-state index in [2.05, 4.69) is 21.0 Å². The van der Waals surface area contributed by atoms with Gasteiger partial charge in [0.2, 0.25) is 0 Å². The van der Waals surface area contributed by atoms with E-state index >= 15 is 0 Å². The van der Waals surface area contributed by atoms with Gasteiger partial charge in [0.25, 0.3) is 0 Å². The maximum Gasteiger partial charge on any atom is 0.151 e. The van der Waals surface area contributed by atoms with E-state index in [1.165, 1.54) is 11.8 Å². The Morgan fingerprint density at radius 2 is 2.38 bits per heavy atom. The standard InChI is InChI=1S/C7H11BrN4S/c1-4-6(8)5(12(2)11-4)3-13-7(9)10/h3H2,1-2H3,(H3,9,10). The Kier molecular flexibility index (Phi) is 3.38. The summed E-state index contributed by atoms with van der Waals surface area (Å²) in [5.74, 6) is 0.674. The predicted molar refractivity (Wildman–Crippen MR) is 58.9 cm³/mol. The van der Waals surface area contributed by atoms with E-state index in [1.807, 2.05) is 14.0 Å². The van der Waals surface area contributed by atoms with Crippen molar-refractivity contribution >= 4 is 32.9 Å². The van der Waals surface area contributed by atoms with E-state index in [0.29, 0.717) is 5.75 Å². The van der Waals surface area contributed by atoms with Crippen molar-refractivity contribution in [2.75, 3.05) is 0 Å². The van der Waals surface area contributed by atoms with Gasteiger partial charge in [-0.3, -0.25) is 10.1 Å². The molecule has 0 radical (unpaired) electrons. The Balaban J connectivity index is 2.81. The molecule has 13 heavy (non-hydrogen) atoms. The summed E-state index contributed by atoms with van der Waals surface area (Å²) in [6.07, 6.45) is 0. The van der Waals surface area contributed by atoms with Crippen molar-refractivity contribution in [3.8, 4) is 0 Å². The van der Waals surface area contributed by atoms with E-state index in [4.69, 9.17) is 11.1 Å². The molecule has 0 bridgehead atoms. The van der Waals surface area contributed by atoms with Crippen LogP contribution in [0.2, 0.25) is 0 Å². The number of aromatic nitrogens is 2. The monoisotopic (exact) mass is 262 g/mol. The molecule has 1 heterocycles. The molecular weight excluding hydrogens is 252 g/mol. The highest BCUT2D eigenvalue weighted by atomic mass is 79.9. The zero-order valence-corrected chi connectivity index (χ0v) is 9.87. The second-order valence-electron chi connectivity index (χ2n) is 2.62. The van der Waals surface area contributed by atoms with Crippen LogP contribution in [0.3, 0.4) is 0 Å². The Hall–Kier alpha value is -0.490. The largest absolute Gasteiger partial charge is 0.379 e. The molecule has 0 saturated heterocycles. The molecule has 0 unspecified atom stereocenters. The van der Waals surface area contributed by atoms with Crippen LogP contribution in [-0.2, 0) is 12.8 Å². The van der Waals surface area contributed by atoms with Gasteiger partial charge in [-0.25, -0.2) is 0 Å². The molecule has 0 aliphatic rings. The van der Waals surface area contributed by atoms with Crippen LogP contribution in [0.15, 0.2) is 4.47 Å². The van der Waals surface area contributed by atoms with Gasteiger partial charge >= 0.3 is 0 Å². The summed E-state index contributed by atoms with van der Waals surface area (Å²) in [6.45, 7) is 1.94. The van der Waals surface area contributed by atoms with Gasteiger partial charge in [0.15, 0.2) is 5.17 Å². The molecule has 0 aliphatic carbocycles. The van der Waals surface area contributed by atoms with Crippen molar-refractivity contribution in [3.63, 3.8) is 0 Å². The van der Waals surface area contributed by atoms with Crippen LogP contribution in [0, 0.1) is 12.3 Å². The van der Waals surface area contributed by atoms with Crippen molar-refractivity contribution in [1.82, 2.24) is 9.78 Å². The zero-order chi connectivity index (χ0) is 10.0. The molecule has 1 aromatic rings. The second-order valence-corrected chi connectivity index (χ2v) is 4.43. The van der Waals surface area contributed by atoms with Gasteiger partial charge in [0, 0.05) is 12.8 Å². The molecule has 0 fully saturated rings. The van der Waals surface area contributed by atoms with Gasteiger partial charge < -0.3 is 5.73 Å². The fraction of sp³-hybridized carbons (Fsp3) is 0.429. The molecule has 6 heteroatoms. The molecule has 3 N–H and O–H groups in total. The van der Waals surface area contributed by atoms with Gasteiger partial charge in [-0.2, -0.15) is 5.10 Å². The molecule has 0 spiro atoms. The molecule has 0 aliphatic heterocycles. The van der Waals surface area contributed by atoms with Crippen LogP contribution in [0.5, 0.6) is 0 Å². The maximum absolute atomic E-state index is 7.09. The Morgan fingerprint density at radius 1 is 1.77 bits per heavy atom. The van der Waals surface area contributed by atoms with Gasteiger partial charge in [-0.15, -0.1) is 0 Å². The number of aryl methyl sites for hydroxylation is 2. The minimum Gasteiger partial charge on any atom is -0.379 e. The smallest absolute Gasteiger partial charge is 0.151 e. The number of thioether (sulfide) groups is 1. The van der Waals surface area contributed by atoms with Crippen LogP contribution in [0.1, 0.15) is 11.4 Å². The first-order valence-electron chi connectivity index (χ1n) is 3.67. The molecule has 0 amide bonds. The first kappa shape index (κ1) is 10.6. The van der Waals surface area contributed by atoms with Crippen molar-refractivity contribution < 1.29 is 0 Å². The average molecular weight is 263 g/mol. The van der Waals surface area contributed by atoms with E-state index in [1.54, 1.807) is 4.68 Å². The highest BCUT2D eigenvalue weighted by Crippen LogP contribution is 2.23. The van der Waals surface area contributed by atoms with E-state index in [-0.39, 0.29) is 5.17 Å². The lowest BCUT2D eigenvalue weighted by Gasteiger charge is -2.00. The number of nitrogens with two attached hydrogens (primary N) is 1. The highest BCUT2D eigenvalue weighted by molar-refractivity contribution is 9.10. The summed E-state index contributed by atoms with van der Waals surface area (Å²) < 4.78 is 2.80. The summed E-state index contributed by atoms with van der Waals surface area (Å²) in [7, 11) is 1.88. The topological polar surface area (TPSA) is 67.7 Å². The van der Waals surface area contributed by atoms with Crippen LogP contribution in [0.25, 0.3) is 0 Å². The lowest BCUT2D eigenvalue weighted by Crippen LogP contribution is -2.05.